The average Bonchev–Trinajstić information content (AvgIpc) is 2.42. The Morgan fingerprint density at radius 3 is 2.30 bits per heavy atom. The minimum absolute atomic E-state index is 0.0220. The first-order valence-electron chi connectivity index (χ1n) is 5.53. The van der Waals surface area contributed by atoms with E-state index in [0.717, 1.165) is 12.1 Å². The van der Waals surface area contributed by atoms with Crippen molar-refractivity contribution in [3.63, 3.8) is 0 Å². The van der Waals surface area contributed by atoms with E-state index in [-0.39, 0.29) is 29.1 Å². The molecule has 0 saturated heterocycles. The van der Waals surface area contributed by atoms with Crippen molar-refractivity contribution in [3.05, 3.63) is 47.5 Å². The van der Waals surface area contributed by atoms with Gasteiger partial charge in [-0.15, -0.1) is 0 Å². The summed E-state index contributed by atoms with van der Waals surface area (Å²) < 4.78 is 4.43. The van der Waals surface area contributed by atoms with Crippen LogP contribution >= 0.6 is 0 Å². The second-order valence-corrected chi connectivity index (χ2v) is 3.90. The summed E-state index contributed by atoms with van der Waals surface area (Å²) in [7, 11) is 0. The van der Waals surface area contributed by atoms with Crippen molar-refractivity contribution in [2.75, 3.05) is 0 Å². The molecule has 6 heteroatoms. The van der Waals surface area contributed by atoms with Crippen LogP contribution in [0.3, 0.4) is 0 Å². The van der Waals surface area contributed by atoms with Gasteiger partial charge in [-0.3, -0.25) is 9.59 Å². The van der Waals surface area contributed by atoms with E-state index in [9.17, 15) is 24.9 Å². The first kappa shape index (κ1) is 13.4. The van der Waals surface area contributed by atoms with Gasteiger partial charge in [0.2, 0.25) is 5.78 Å². The summed E-state index contributed by atoms with van der Waals surface area (Å²) in [6.07, 6.45) is 0. The zero-order chi connectivity index (χ0) is 14.7. The Hall–Kier alpha value is -3.02. The summed E-state index contributed by atoms with van der Waals surface area (Å²) >= 11 is 0. The zero-order valence-electron chi connectivity index (χ0n) is 10.1. The number of ether oxygens (including phenoxy) is 1. The van der Waals surface area contributed by atoms with Crippen LogP contribution in [-0.2, 0) is 4.79 Å². The third-order valence-electron chi connectivity index (χ3n) is 2.65. The van der Waals surface area contributed by atoms with Crippen LogP contribution in [0.5, 0.6) is 23.0 Å². The van der Waals surface area contributed by atoms with Crippen molar-refractivity contribution in [1.82, 2.24) is 0 Å². The topological polar surface area (TPSA) is 104 Å². The maximum atomic E-state index is 12.2. The van der Waals surface area contributed by atoms with Gasteiger partial charge in [0.1, 0.15) is 11.5 Å². The molecule has 0 aromatic heterocycles. The molecule has 102 valence electrons. The highest BCUT2D eigenvalue weighted by atomic mass is 16.5. The van der Waals surface area contributed by atoms with Crippen LogP contribution in [0.4, 0.5) is 0 Å². The number of hydrogen-bond acceptors (Lipinski definition) is 6. The van der Waals surface area contributed by atoms with Crippen molar-refractivity contribution >= 4 is 12.3 Å². The van der Waals surface area contributed by atoms with Gasteiger partial charge in [0, 0.05) is 6.07 Å². The molecule has 0 bridgehead atoms. The van der Waals surface area contributed by atoms with Crippen molar-refractivity contribution in [3.8, 4) is 23.0 Å². The minimum atomic E-state index is -0.673. The molecule has 3 N–H and O–H groups in total. The van der Waals surface area contributed by atoms with Crippen molar-refractivity contribution < 1.29 is 29.6 Å². The van der Waals surface area contributed by atoms with Crippen LogP contribution in [0.15, 0.2) is 36.4 Å². The number of aromatic hydroxyl groups is 3. The fraction of sp³-hybridized carbons (Fsp3) is 0. The van der Waals surface area contributed by atoms with Crippen LogP contribution in [-0.4, -0.2) is 27.6 Å². The molecule has 2 aromatic carbocycles. The maximum Gasteiger partial charge on any atom is 0.298 e. The van der Waals surface area contributed by atoms with Crippen LogP contribution < -0.4 is 4.74 Å². The lowest BCUT2D eigenvalue weighted by Gasteiger charge is -2.08. The van der Waals surface area contributed by atoms with E-state index in [4.69, 9.17) is 0 Å². The van der Waals surface area contributed by atoms with Gasteiger partial charge in [-0.2, -0.15) is 0 Å². The number of carbonyl (C=O) groups is 2. The number of ketones is 1. The van der Waals surface area contributed by atoms with Crippen molar-refractivity contribution in [1.29, 1.82) is 0 Å². The summed E-state index contributed by atoms with van der Waals surface area (Å²) in [6.45, 7) is 0.0824. The Kier molecular flexibility index (Phi) is 3.56. The summed E-state index contributed by atoms with van der Waals surface area (Å²) in [4.78, 5) is 22.4. The Bertz CT molecular complexity index is 677. The molecule has 0 aliphatic carbocycles. The van der Waals surface area contributed by atoms with E-state index in [0.29, 0.717) is 0 Å². The van der Waals surface area contributed by atoms with Crippen LogP contribution in [0.2, 0.25) is 0 Å². The Morgan fingerprint density at radius 1 is 0.950 bits per heavy atom. The molecular weight excluding hydrogens is 264 g/mol. The quantitative estimate of drug-likeness (QED) is 0.444. The molecule has 0 radical (unpaired) electrons. The summed E-state index contributed by atoms with van der Waals surface area (Å²) in [6, 6.07) is 7.70. The molecule has 0 amide bonds. The minimum Gasteiger partial charge on any atom is -0.507 e. The fourth-order valence-electron chi connectivity index (χ4n) is 1.70. The highest BCUT2D eigenvalue weighted by molar-refractivity contribution is 6.12. The van der Waals surface area contributed by atoms with Gasteiger partial charge >= 0.3 is 0 Å². The molecule has 2 aromatic rings. The lowest BCUT2D eigenvalue weighted by atomic mass is 10.0. The Labute approximate surface area is 113 Å². The predicted molar refractivity (Wildman–Crippen MR) is 68.0 cm³/mol. The maximum absolute atomic E-state index is 12.2. The molecular formula is C14H10O6. The molecule has 0 fully saturated rings. The lowest BCUT2D eigenvalue weighted by molar-refractivity contribution is -0.120. The summed E-state index contributed by atoms with van der Waals surface area (Å²) in [5.41, 5.74) is -0.242. The molecule has 0 saturated carbocycles. The van der Waals surface area contributed by atoms with Gasteiger partial charge in [-0.05, 0) is 18.2 Å². The monoisotopic (exact) mass is 274 g/mol. The molecule has 0 atom stereocenters. The summed E-state index contributed by atoms with van der Waals surface area (Å²) in [5, 5.41) is 29.0. The largest absolute Gasteiger partial charge is 0.507 e. The SMILES string of the molecule is O=COc1cc(O)c(C(=O)c2ccccc2O)cc1O. The number of para-hydroxylation sites is 1. The van der Waals surface area contributed by atoms with Crippen LogP contribution in [0.25, 0.3) is 0 Å². The van der Waals surface area contributed by atoms with Gasteiger partial charge in [0.25, 0.3) is 6.47 Å². The highest BCUT2D eigenvalue weighted by Crippen LogP contribution is 2.35. The molecule has 0 aliphatic heterocycles. The zero-order valence-corrected chi connectivity index (χ0v) is 10.1. The molecule has 6 nitrogen and oxygen atoms in total. The number of phenols is 3. The smallest absolute Gasteiger partial charge is 0.298 e. The van der Waals surface area contributed by atoms with E-state index < -0.39 is 17.3 Å². The van der Waals surface area contributed by atoms with E-state index in [1.54, 1.807) is 12.1 Å². The number of benzene rings is 2. The highest BCUT2D eigenvalue weighted by Gasteiger charge is 2.19. The molecule has 0 spiro atoms. The van der Waals surface area contributed by atoms with Crippen LogP contribution in [0, 0.1) is 0 Å². The Balaban J connectivity index is 2.48. The van der Waals surface area contributed by atoms with Crippen molar-refractivity contribution in [2.24, 2.45) is 0 Å². The predicted octanol–water partition coefficient (Wildman–Crippen LogP) is 1.57. The second kappa shape index (κ2) is 5.31. The molecule has 0 aliphatic rings. The number of rotatable bonds is 4. The van der Waals surface area contributed by atoms with Gasteiger partial charge in [-0.1, -0.05) is 12.1 Å². The number of phenolic OH excluding ortho intramolecular Hbond substituents is 3. The third kappa shape index (κ3) is 2.39. The van der Waals surface area contributed by atoms with Gasteiger partial charge in [0.15, 0.2) is 11.5 Å². The van der Waals surface area contributed by atoms with Gasteiger partial charge < -0.3 is 20.1 Å². The number of hydrogen-bond donors (Lipinski definition) is 3. The summed E-state index contributed by atoms with van der Waals surface area (Å²) in [5.74, 6) is -2.15. The molecule has 20 heavy (non-hydrogen) atoms. The van der Waals surface area contributed by atoms with Gasteiger partial charge in [0.05, 0.1) is 11.1 Å². The third-order valence-corrected chi connectivity index (χ3v) is 2.65. The average molecular weight is 274 g/mol. The van der Waals surface area contributed by atoms with E-state index in [1.807, 2.05) is 0 Å². The molecule has 0 unspecified atom stereocenters. The molecule has 0 heterocycles. The lowest BCUT2D eigenvalue weighted by Crippen LogP contribution is -2.02. The van der Waals surface area contributed by atoms with Crippen molar-refractivity contribution in [2.45, 2.75) is 0 Å². The standard InChI is InChI=1S/C14H10O6/c15-7-20-13-6-11(17)9(5-12(13)18)14(19)8-3-1-2-4-10(8)16/h1-7,16-18H. The molecule has 2 rings (SSSR count). The van der Waals surface area contributed by atoms with Gasteiger partial charge in [-0.25, -0.2) is 0 Å². The van der Waals surface area contributed by atoms with E-state index in [1.165, 1.54) is 12.1 Å². The second-order valence-electron chi connectivity index (χ2n) is 3.90. The fourth-order valence-corrected chi connectivity index (χ4v) is 1.70. The Morgan fingerprint density at radius 2 is 1.65 bits per heavy atom. The normalized spacial score (nSPS) is 10.0. The van der Waals surface area contributed by atoms with E-state index >= 15 is 0 Å². The first-order chi connectivity index (χ1) is 9.54. The van der Waals surface area contributed by atoms with E-state index in [2.05, 4.69) is 4.74 Å². The first-order valence-corrected chi connectivity index (χ1v) is 5.53. The van der Waals surface area contributed by atoms with Crippen LogP contribution in [0.1, 0.15) is 15.9 Å². The number of carbonyl (C=O) groups excluding carboxylic acids is 2.